The van der Waals surface area contributed by atoms with Gasteiger partial charge in [0.25, 0.3) is 0 Å². The van der Waals surface area contributed by atoms with E-state index in [1.165, 1.54) is 57.8 Å². The molecule has 4 aliphatic rings. The number of rotatable bonds is 2. The van der Waals surface area contributed by atoms with Crippen LogP contribution in [0.4, 0.5) is 0 Å². The van der Waals surface area contributed by atoms with Crippen LogP contribution in [0.5, 0.6) is 0 Å². The van der Waals surface area contributed by atoms with Crippen LogP contribution < -0.4 is 0 Å². The molecule has 2 nitrogen and oxygen atoms in total. The van der Waals surface area contributed by atoms with Crippen LogP contribution in [-0.2, 0) is 0 Å². The summed E-state index contributed by atoms with van der Waals surface area (Å²) < 4.78 is 0. The van der Waals surface area contributed by atoms with Crippen molar-refractivity contribution in [1.82, 2.24) is 4.90 Å². The monoisotopic (exact) mass is 347 g/mol. The number of hydrogen-bond donors (Lipinski definition) is 1. The van der Waals surface area contributed by atoms with Crippen molar-refractivity contribution >= 4 is 0 Å². The summed E-state index contributed by atoms with van der Waals surface area (Å²) in [5.74, 6) is 4.29. The van der Waals surface area contributed by atoms with Crippen LogP contribution in [0.3, 0.4) is 0 Å². The third-order valence-corrected chi connectivity index (χ3v) is 10.0. The molecule has 2 heteroatoms. The zero-order valence-electron chi connectivity index (χ0n) is 17.3. The lowest BCUT2D eigenvalue weighted by molar-refractivity contribution is -0.125. The Bertz CT molecular complexity index is 502. The lowest BCUT2D eigenvalue weighted by atomic mass is 9.44. The molecule has 0 radical (unpaired) electrons. The van der Waals surface area contributed by atoms with Crippen molar-refractivity contribution in [1.29, 1.82) is 0 Å². The van der Waals surface area contributed by atoms with Gasteiger partial charge < -0.3 is 10.0 Å². The van der Waals surface area contributed by atoms with Gasteiger partial charge in [-0.3, -0.25) is 0 Å². The maximum atomic E-state index is 10.4. The molecule has 3 unspecified atom stereocenters. The fraction of sp³-hybridized carbons (Fsp3) is 1.00. The van der Waals surface area contributed by atoms with Crippen molar-refractivity contribution in [3.63, 3.8) is 0 Å². The zero-order chi connectivity index (χ0) is 18.0. The first-order valence-corrected chi connectivity index (χ1v) is 11.1. The Morgan fingerprint density at radius 3 is 2.24 bits per heavy atom. The molecule has 0 saturated heterocycles. The first-order valence-electron chi connectivity index (χ1n) is 11.1. The molecule has 0 aliphatic heterocycles. The second-order valence-corrected chi connectivity index (χ2v) is 11.0. The lowest BCUT2D eigenvalue weighted by Crippen LogP contribution is -2.55. The average Bonchev–Trinajstić information content (AvgIpc) is 2.91. The number of nitrogens with zero attached hydrogens (tertiary/aromatic N) is 1. The maximum absolute atomic E-state index is 10.4. The molecule has 0 bridgehead atoms. The number of hydrogen-bond acceptors (Lipinski definition) is 2. The van der Waals surface area contributed by atoms with E-state index in [2.05, 4.69) is 32.8 Å². The van der Waals surface area contributed by atoms with E-state index in [9.17, 15) is 5.11 Å². The highest BCUT2D eigenvalue weighted by Gasteiger charge is 2.60. The van der Waals surface area contributed by atoms with Crippen LogP contribution >= 0.6 is 0 Å². The Labute approximate surface area is 155 Å². The van der Waals surface area contributed by atoms with E-state index in [0.29, 0.717) is 16.7 Å². The lowest BCUT2D eigenvalue weighted by Gasteiger charge is -2.61. The highest BCUT2D eigenvalue weighted by molar-refractivity contribution is 5.10. The summed E-state index contributed by atoms with van der Waals surface area (Å²) in [5.41, 5.74) is 1.01. The number of aliphatic hydroxyl groups is 1. The molecule has 0 aromatic carbocycles. The van der Waals surface area contributed by atoms with E-state index in [1.54, 1.807) is 0 Å². The van der Waals surface area contributed by atoms with Gasteiger partial charge in [0.15, 0.2) is 0 Å². The molecule has 0 amide bonds. The molecular weight excluding hydrogens is 306 g/mol. The Balaban J connectivity index is 1.56. The highest BCUT2D eigenvalue weighted by Crippen LogP contribution is 2.67. The zero-order valence-corrected chi connectivity index (χ0v) is 17.3. The molecule has 0 heterocycles. The van der Waals surface area contributed by atoms with Crippen LogP contribution in [0, 0.1) is 40.4 Å². The SMILES string of the molecule is C[C@H](O)[C@H]1CCC2C3CC[C@H]4C[C@@H](N(C)C)CC[C@]4(C)C3CC[C@@]21C. The smallest absolute Gasteiger partial charge is 0.0545 e. The quantitative estimate of drug-likeness (QED) is 0.763. The Kier molecular flexibility index (Phi) is 4.56. The Morgan fingerprint density at radius 1 is 0.880 bits per heavy atom. The minimum atomic E-state index is -0.117. The molecule has 4 saturated carbocycles. The van der Waals surface area contributed by atoms with Crippen molar-refractivity contribution in [3.05, 3.63) is 0 Å². The van der Waals surface area contributed by atoms with E-state index in [4.69, 9.17) is 0 Å². The van der Waals surface area contributed by atoms with Gasteiger partial charge in [-0.05, 0) is 119 Å². The normalized spacial score (nSPS) is 53.9. The van der Waals surface area contributed by atoms with Gasteiger partial charge in [-0.25, -0.2) is 0 Å². The molecule has 0 aromatic rings. The summed E-state index contributed by atoms with van der Waals surface area (Å²) in [4.78, 5) is 2.48. The summed E-state index contributed by atoms with van der Waals surface area (Å²) in [6.07, 6.45) is 12.6. The van der Waals surface area contributed by atoms with Crippen molar-refractivity contribution in [3.8, 4) is 0 Å². The molecule has 1 N–H and O–H groups in total. The molecule has 0 spiro atoms. The Hall–Kier alpha value is -0.0800. The largest absolute Gasteiger partial charge is 0.393 e. The summed E-state index contributed by atoms with van der Waals surface area (Å²) in [7, 11) is 4.56. The van der Waals surface area contributed by atoms with Crippen molar-refractivity contribution < 1.29 is 5.11 Å². The molecule has 4 aliphatic carbocycles. The minimum absolute atomic E-state index is 0.117. The second kappa shape index (κ2) is 6.23. The Morgan fingerprint density at radius 2 is 1.56 bits per heavy atom. The predicted molar refractivity (Wildman–Crippen MR) is 104 cm³/mol. The van der Waals surface area contributed by atoms with Gasteiger partial charge in [-0.2, -0.15) is 0 Å². The third-order valence-electron chi connectivity index (χ3n) is 10.0. The van der Waals surface area contributed by atoms with Gasteiger partial charge >= 0.3 is 0 Å². The molecule has 4 rings (SSSR count). The summed E-state index contributed by atoms with van der Waals surface area (Å²) in [6, 6.07) is 0.814. The van der Waals surface area contributed by atoms with E-state index >= 15 is 0 Å². The van der Waals surface area contributed by atoms with Crippen LogP contribution in [0.2, 0.25) is 0 Å². The molecule has 9 atom stereocenters. The standard InChI is InChI=1S/C23H41NO/c1-15(25)19-8-9-20-18-7-6-16-14-17(24(4)5)10-12-22(16,2)21(18)11-13-23(19,20)3/h15-21,25H,6-14H2,1-5H3/t15-,16-,17-,18?,19+,20?,21?,22-,23+/m0/s1. The fourth-order valence-electron chi connectivity index (χ4n) is 8.54. The van der Waals surface area contributed by atoms with Gasteiger partial charge in [0, 0.05) is 6.04 Å². The summed E-state index contributed by atoms with van der Waals surface area (Å²) in [5, 5.41) is 10.4. The van der Waals surface area contributed by atoms with Gasteiger partial charge in [0.05, 0.1) is 6.10 Å². The predicted octanol–water partition coefficient (Wildman–Crippen LogP) is 4.96. The van der Waals surface area contributed by atoms with Crippen LogP contribution in [0.15, 0.2) is 0 Å². The highest BCUT2D eigenvalue weighted by atomic mass is 16.3. The summed E-state index contributed by atoms with van der Waals surface area (Å²) in [6.45, 7) is 7.25. The number of aliphatic hydroxyl groups excluding tert-OH is 1. The molecule has 0 aromatic heterocycles. The summed E-state index contributed by atoms with van der Waals surface area (Å²) >= 11 is 0. The van der Waals surface area contributed by atoms with Crippen LogP contribution in [-0.4, -0.2) is 36.2 Å². The van der Waals surface area contributed by atoms with E-state index in [-0.39, 0.29) is 6.10 Å². The first kappa shape index (κ1) is 18.3. The first-order chi connectivity index (χ1) is 11.8. The third kappa shape index (κ3) is 2.64. The molecular formula is C23H41NO. The van der Waals surface area contributed by atoms with Gasteiger partial charge in [0.2, 0.25) is 0 Å². The average molecular weight is 348 g/mol. The van der Waals surface area contributed by atoms with Crippen molar-refractivity contribution in [2.24, 2.45) is 40.4 Å². The second-order valence-electron chi connectivity index (χ2n) is 11.0. The van der Waals surface area contributed by atoms with E-state index < -0.39 is 0 Å². The van der Waals surface area contributed by atoms with Gasteiger partial charge in [0.1, 0.15) is 0 Å². The molecule has 25 heavy (non-hydrogen) atoms. The van der Waals surface area contributed by atoms with Crippen LogP contribution in [0.25, 0.3) is 0 Å². The van der Waals surface area contributed by atoms with Gasteiger partial charge in [-0.1, -0.05) is 13.8 Å². The topological polar surface area (TPSA) is 23.5 Å². The van der Waals surface area contributed by atoms with E-state index in [1.807, 2.05) is 6.92 Å². The van der Waals surface area contributed by atoms with Crippen molar-refractivity contribution in [2.45, 2.75) is 90.7 Å². The minimum Gasteiger partial charge on any atom is -0.393 e. The number of fused-ring (bicyclic) bond motifs is 5. The van der Waals surface area contributed by atoms with Crippen molar-refractivity contribution in [2.75, 3.05) is 14.1 Å². The van der Waals surface area contributed by atoms with Gasteiger partial charge in [-0.15, -0.1) is 0 Å². The van der Waals surface area contributed by atoms with Crippen LogP contribution in [0.1, 0.15) is 78.6 Å². The molecule has 4 fully saturated rings. The maximum Gasteiger partial charge on any atom is 0.0545 e. The fourth-order valence-corrected chi connectivity index (χ4v) is 8.54. The molecule has 144 valence electrons. The van der Waals surface area contributed by atoms with E-state index in [0.717, 1.165) is 29.7 Å².